The summed E-state index contributed by atoms with van der Waals surface area (Å²) in [6.45, 7) is 2.12. The quantitative estimate of drug-likeness (QED) is 0.728. The van der Waals surface area contributed by atoms with Crippen LogP contribution in [0, 0.1) is 0 Å². The summed E-state index contributed by atoms with van der Waals surface area (Å²) < 4.78 is 32.8. The number of aromatic nitrogens is 3. The molecule has 1 saturated carbocycles. The first-order chi connectivity index (χ1) is 11.5. The molecule has 0 bridgehead atoms. The first-order valence-electron chi connectivity index (χ1n) is 7.68. The van der Waals surface area contributed by atoms with Crippen LogP contribution in [0.4, 0.5) is 0 Å². The Hall–Kier alpha value is -2.41. The largest absolute Gasteiger partial charge is 0.480 e. The molecule has 0 aliphatic heterocycles. The van der Waals surface area contributed by atoms with Gasteiger partial charge in [-0.05, 0) is 36.0 Å². The highest BCUT2D eigenvalue weighted by Crippen LogP contribution is 2.51. The van der Waals surface area contributed by atoms with Crippen LogP contribution in [0.25, 0.3) is 11.0 Å². The zero-order valence-corrected chi connectivity index (χ0v) is 14.2. The van der Waals surface area contributed by atoms with Crippen molar-refractivity contribution in [1.29, 1.82) is 0 Å². The molecular formula is C17H17N3O3S. The SMILES string of the molecule is COc1ncnc2c1c(C1(C)CC1)cn2S(=O)(=O)c1ccccc1. The van der Waals surface area contributed by atoms with Gasteiger partial charge in [-0.1, -0.05) is 25.1 Å². The van der Waals surface area contributed by atoms with E-state index in [2.05, 4.69) is 16.9 Å². The molecule has 3 aromatic rings. The average molecular weight is 343 g/mol. The van der Waals surface area contributed by atoms with Crippen LogP contribution in [0.1, 0.15) is 25.3 Å². The maximum atomic E-state index is 13.1. The Kier molecular flexibility index (Phi) is 3.18. The first kappa shape index (κ1) is 15.1. The van der Waals surface area contributed by atoms with E-state index < -0.39 is 10.0 Å². The number of ether oxygens (including phenoxy) is 1. The van der Waals surface area contributed by atoms with Crippen LogP contribution in [0.15, 0.2) is 47.8 Å². The molecule has 0 amide bonds. The second-order valence-electron chi connectivity index (χ2n) is 6.30. The minimum atomic E-state index is -3.73. The molecule has 0 unspecified atom stereocenters. The minimum Gasteiger partial charge on any atom is -0.480 e. The fourth-order valence-electron chi connectivity index (χ4n) is 2.96. The third kappa shape index (κ3) is 2.11. The van der Waals surface area contributed by atoms with Crippen molar-refractivity contribution in [3.63, 3.8) is 0 Å². The molecule has 124 valence electrons. The second-order valence-corrected chi connectivity index (χ2v) is 8.11. The van der Waals surface area contributed by atoms with Gasteiger partial charge in [-0.2, -0.15) is 0 Å². The van der Waals surface area contributed by atoms with Crippen molar-refractivity contribution in [2.45, 2.75) is 30.1 Å². The molecule has 1 aromatic carbocycles. The van der Waals surface area contributed by atoms with E-state index in [1.54, 1.807) is 36.5 Å². The van der Waals surface area contributed by atoms with Crippen LogP contribution < -0.4 is 4.74 Å². The third-order valence-electron chi connectivity index (χ3n) is 4.66. The molecular weight excluding hydrogens is 326 g/mol. The van der Waals surface area contributed by atoms with Crippen molar-refractivity contribution >= 4 is 21.1 Å². The van der Waals surface area contributed by atoms with Crippen molar-refractivity contribution < 1.29 is 13.2 Å². The van der Waals surface area contributed by atoms with Crippen molar-refractivity contribution in [2.75, 3.05) is 7.11 Å². The topological polar surface area (TPSA) is 74.1 Å². The van der Waals surface area contributed by atoms with Gasteiger partial charge in [0, 0.05) is 6.20 Å². The maximum absolute atomic E-state index is 13.1. The smallest absolute Gasteiger partial charge is 0.269 e. The lowest BCUT2D eigenvalue weighted by atomic mass is 9.99. The summed E-state index contributed by atoms with van der Waals surface area (Å²) in [5, 5.41) is 0.680. The Morgan fingerprint density at radius 3 is 2.50 bits per heavy atom. The highest BCUT2D eigenvalue weighted by Gasteiger charge is 2.43. The van der Waals surface area contributed by atoms with E-state index in [4.69, 9.17) is 4.74 Å². The van der Waals surface area contributed by atoms with Crippen molar-refractivity contribution in [2.24, 2.45) is 0 Å². The zero-order chi connectivity index (χ0) is 16.9. The summed E-state index contributed by atoms with van der Waals surface area (Å²) in [5.41, 5.74) is 1.23. The molecule has 6 nitrogen and oxygen atoms in total. The van der Waals surface area contributed by atoms with Gasteiger partial charge in [-0.15, -0.1) is 0 Å². The Morgan fingerprint density at radius 1 is 1.17 bits per heavy atom. The van der Waals surface area contributed by atoms with Gasteiger partial charge in [0.2, 0.25) is 5.88 Å². The van der Waals surface area contributed by atoms with E-state index in [1.165, 1.54) is 17.4 Å². The molecule has 0 N–H and O–H groups in total. The zero-order valence-electron chi connectivity index (χ0n) is 13.4. The van der Waals surface area contributed by atoms with E-state index in [0.717, 1.165) is 18.4 Å². The summed E-state index contributed by atoms with van der Waals surface area (Å²) in [6, 6.07) is 8.36. The number of fused-ring (bicyclic) bond motifs is 1. The molecule has 1 aliphatic rings. The Labute approximate surface area is 140 Å². The molecule has 24 heavy (non-hydrogen) atoms. The van der Waals surface area contributed by atoms with E-state index in [1.807, 2.05) is 0 Å². The highest BCUT2D eigenvalue weighted by atomic mass is 32.2. The molecule has 7 heteroatoms. The van der Waals surface area contributed by atoms with Gasteiger partial charge in [0.15, 0.2) is 5.65 Å². The van der Waals surface area contributed by atoms with Crippen LogP contribution in [0.2, 0.25) is 0 Å². The summed E-state index contributed by atoms with van der Waals surface area (Å²) in [4.78, 5) is 8.62. The van der Waals surface area contributed by atoms with Crippen molar-refractivity contribution in [3.8, 4) is 5.88 Å². The number of methoxy groups -OCH3 is 1. The summed E-state index contributed by atoms with van der Waals surface area (Å²) >= 11 is 0. The monoisotopic (exact) mass is 343 g/mol. The minimum absolute atomic E-state index is 0.0479. The number of rotatable bonds is 4. The van der Waals surface area contributed by atoms with Crippen LogP contribution in [0.3, 0.4) is 0 Å². The van der Waals surface area contributed by atoms with Gasteiger partial charge < -0.3 is 4.74 Å². The van der Waals surface area contributed by atoms with Gasteiger partial charge in [-0.25, -0.2) is 22.4 Å². The van der Waals surface area contributed by atoms with Crippen molar-refractivity contribution in [3.05, 3.63) is 48.4 Å². The molecule has 0 atom stereocenters. The van der Waals surface area contributed by atoms with Crippen LogP contribution >= 0.6 is 0 Å². The van der Waals surface area contributed by atoms with Crippen LogP contribution in [-0.4, -0.2) is 29.5 Å². The second kappa shape index (κ2) is 5.04. The van der Waals surface area contributed by atoms with Gasteiger partial charge in [0.05, 0.1) is 17.4 Å². The van der Waals surface area contributed by atoms with Crippen LogP contribution in [0.5, 0.6) is 5.88 Å². The standard InChI is InChI=1S/C17H17N3O3S/c1-17(8-9-17)13-10-20(15-14(13)16(23-2)19-11-18-15)24(21,22)12-6-4-3-5-7-12/h3-7,10-11H,8-9H2,1-2H3. The summed E-state index contributed by atoms with van der Waals surface area (Å²) in [7, 11) is -2.20. The Bertz CT molecular complexity index is 1020. The van der Waals surface area contributed by atoms with Crippen molar-refractivity contribution in [1.82, 2.24) is 13.9 Å². The fourth-order valence-corrected chi connectivity index (χ4v) is 4.30. The van der Waals surface area contributed by atoms with Gasteiger partial charge in [0.1, 0.15) is 6.33 Å². The normalized spacial score (nSPS) is 16.2. The Balaban J connectivity index is 2.04. The van der Waals surface area contributed by atoms with E-state index in [-0.39, 0.29) is 10.3 Å². The average Bonchev–Trinajstić information content (AvgIpc) is 3.21. The Morgan fingerprint density at radius 2 is 1.88 bits per heavy atom. The number of benzene rings is 1. The van der Waals surface area contributed by atoms with Gasteiger partial charge >= 0.3 is 0 Å². The first-order valence-corrected chi connectivity index (χ1v) is 9.12. The lowest BCUT2D eigenvalue weighted by Gasteiger charge is -2.07. The molecule has 1 fully saturated rings. The van der Waals surface area contributed by atoms with Gasteiger partial charge in [-0.3, -0.25) is 0 Å². The lowest BCUT2D eigenvalue weighted by molar-refractivity contribution is 0.402. The molecule has 0 saturated heterocycles. The predicted octanol–water partition coefficient (Wildman–Crippen LogP) is 2.73. The van der Waals surface area contributed by atoms with E-state index in [9.17, 15) is 8.42 Å². The number of hydrogen-bond acceptors (Lipinski definition) is 5. The molecule has 4 rings (SSSR count). The number of nitrogens with zero attached hydrogens (tertiary/aromatic N) is 3. The molecule has 1 aliphatic carbocycles. The number of hydrogen-bond donors (Lipinski definition) is 0. The van der Waals surface area contributed by atoms with E-state index >= 15 is 0 Å². The fraction of sp³-hybridized carbons (Fsp3) is 0.294. The molecule has 2 heterocycles. The molecule has 2 aromatic heterocycles. The summed E-state index contributed by atoms with van der Waals surface area (Å²) in [6.07, 6.45) is 5.03. The lowest BCUT2D eigenvalue weighted by Crippen LogP contribution is -2.12. The predicted molar refractivity (Wildman–Crippen MR) is 89.7 cm³/mol. The van der Waals surface area contributed by atoms with Gasteiger partial charge in [0.25, 0.3) is 10.0 Å². The highest BCUT2D eigenvalue weighted by molar-refractivity contribution is 7.90. The maximum Gasteiger partial charge on any atom is 0.269 e. The molecule has 0 radical (unpaired) electrons. The van der Waals surface area contributed by atoms with E-state index in [0.29, 0.717) is 16.9 Å². The third-order valence-corrected chi connectivity index (χ3v) is 6.32. The summed E-state index contributed by atoms with van der Waals surface area (Å²) in [5.74, 6) is 0.408. The van der Waals surface area contributed by atoms with Crippen LogP contribution in [-0.2, 0) is 15.4 Å². The molecule has 0 spiro atoms.